The number of rotatable bonds is 7. The van der Waals surface area contributed by atoms with Crippen LogP contribution in [-0.2, 0) is 11.8 Å². The topological polar surface area (TPSA) is 106 Å². The molecule has 9 nitrogen and oxygen atoms in total. The molecular weight excluding hydrogens is 444 g/mol. The van der Waals surface area contributed by atoms with E-state index in [0.717, 1.165) is 34.2 Å². The number of hydrogen-bond donors (Lipinski definition) is 3. The lowest BCUT2D eigenvalue weighted by atomic mass is 9.98. The first-order valence-electron chi connectivity index (χ1n) is 11.8. The van der Waals surface area contributed by atoms with Crippen LogP contribution in [0.4, 0.5) is 11.6 Å². The zero-order valence-corrected chi connectivity index (χ0v) is 20.4. The predicted octanol–water partition coefficient (Wildman–Crippen LogP) is 4.36. The van der Waals surface area contributed by atoms with Crippen molar-refractivity contribution in [1.82, 2.24) is 24.8 Å². The van der Waals surface area contributed by atoms with Gasteiger partial charge in [0.05, 0.1) is 18.6 Å². The highest BCUT2D eigenvalue weighted by Crippen LogP contribution is 2.36. The number of amides is 1. The highest BCUT2D eigenvalue weighted by atomic mass is 16.5. The second-order valence-electron chi connectivity index (χ2n) is 9.11. The van der Waals surface area contributed by atoms with Crippen LogP contribution in [0.3, 0.4) is 0 Å². The van der Waals surface area contributed by atoms with Crippen LogP contribution in [0.5, 0.6) is 5.88 Å². The lowest BCUT2D eigenvalue weighted by Gasteiger charge is -2.17. The van der Waals surface area contributed by atoms with Crippen LogP contribution >= 0.6 is 0 Å². The molecule has 1 amide bonds. The zero-order chi connectivity index (χ0) is 24.5. The molecule has 3 N–H and O–H groups in total. The number of fused-ring (bicyclic) bond motifs is 1. The van der Waals surface area contributed by atoms with Crippen molar-refractivity contribution in [3.63, 3.8) is 0 Å². The van der Waals surface area contributed by atoms with E-state index in [-0.39, 0.29) is 17.9 Å². The van der Waals surface area contributed by atoms with Crippen molar-refractivity contribution in [2.75, 3.05) is 25.6 Å². The summed E-state index contributed by atoms with van der Waals surface area (Å²) in [6.45, 7) is 5.39. The Hall–Kier alpha value is -3.85. The summed E-state index contributed by atoms with van der Waals surface area (Å²) in [6.07, 6.45) is 6.76. The van der Waals surface area contributed by atoms with Gasteiger partial charge in [0.15, 0.2) is 0 Å². The molecule has 4 heterocycles. The molecule has 0 radical (unpaired) electrons. The number of carbonyl (C=O) groups excluding carboxylic acids is 1. The van der Waals surface area contributed by atoms with Gasteiger partial charge in [0.1, 0.15) is 11.8 Å². The number of benzene rings is 1. The third-order valence-electron chi connectivity index (χ3n) is 6.22. The van der Waals surface area contributed by atoms with Gasteiger partial charge in [-0.15, -0.1) is 0 Å². The van der Waals surface area contributed by atoms with Crippen LogP contribution in [-0.4, -0.2) is 51.8 Å². The highest BCUT2D eigenvalue weighted by Gasteiger charge is 2.23. The lowest BCUT2D eigenvalue weighted by molar-refractivity contribution is 0.0963. The van der Waals surface area contributed by atoms with Crippen molar-refractivity contribution in [2.24, 2.45) is 7.05 Å². The molecule has 35 heavy (non-hydrogen) atoms. The fraction of sp³-hybridized carbons (Fsp3) is 0.346. The van der Waals surface area contributed by atoms with E-state index in [1.165, 1.54) is 0 Å². The van der Waals surface area contributed by atoms with Crippen molar-refractivity contribution in [3.8, 4) is 17.0 Å². The standard InChI is InChI=1S/C26H30N6O3/c1-15(2)19-11-16(24(33)27-3)5-6-21(19)29-26-30-23-22(25(31-26)35-18-8-10-34-14-18)20(12-28-23)17-7-9-32(4)13-17/h5-7,9,11-13,15,18H,8,10,14H2,1-4H3,(H,27,33)(H2,28,29,30,31)/t18-/m0/s1. The molecule has 0 bridgehead atoms. The zero-order valence-electron chi connectivity index (χ0n) is 20.4. The van der Waals surface area contributed by atoms with Crippen molar-refractivity contribution in [3.05, 3.63) is 54.0 Å². The van der Waals surface area contributed by atoms with E-state index in [9.17, 15) is 4.79 Å². The molecule has 182 valence electrons. The van der Waals surface area contributed by atoms with E-state index < -0.39 is 0 Å². The van der Waals surface area contributed by atoms with Gasteiger partial charge in [0.25, 0.3) is 5.91 Å². The van der Waals surface area contributed by atoms with Crippen LogP contribution in [0.25, 0.3) is 22.2 Å². The molecule has 0 unspecified atom stereocenters. The summed E-state index contributed by atoms with van der Waals surface area (Å²) >= 11 is 0. The third kappa shape index (κ3) is 4.59. The van der Waals surface area contributed by atoms with Gasteiger partial charge in [-0.05, 0) is 35.7 Å². The summed E-state index contributed by atoms with van der Waals surface area (Å²) in [5.41, 5.74) is 5.18. The van der Waals surface area contributed by atoms with Crippen molar-refractivity contribution >= 4 is 28.6 Å². The van der Waals surface area contributed by atoms with E-state index in [1.54, 1.807) is 13.1 Å². The maximum absolute atomic E-state index is 12.1. The molecular formula is C26H30N6O3. The van der Waals surface area contributed by atoms with Crippen LogP contribution in [0.15, 0.2) is 42.9 Å². The minimum atomic E-state index is -0.120. The van der Waals surface area contributed by atoms with Gasteiger partial charge in [-0.2, -0.15) is 9.97 Å². The molecule has 0 aliphatic carbocycles. The number of aromatic nitrogens is 4. The molecule has 1 fully saturated rings. The first-order valence-corrected chi connectivity index (χ1v) is 11.8. The van der Waals surface area contributed by atoms with Crippen LogP contribution in [0.1, 0.15) is 42.1 Å². The van der Waals surface area contributed by atoms with E-state index in [0.29, 0.717) is 36.3 Å². The minimum absolute atomic E-state index is 0.0578. The molecule has 9 heteroatoms. The van der Waals surface area contributed by atoms with Crippen molar-refractivity contribution in [1.29, 1.82) is 0 Å². The fourth-order valence-corrected chi connectivity index (χ4v) is 4.36. The molecule has 1 aromatic carbocycles. The van der Waals surface area contributed by atoms with E-state index in [4.69, 9.17) is 19.4 Å². The molecule has 0 spiro atoms. The molecule has 1 aliphatic rings. The van der Waals surface area contributed by atoms with Gasteiger partial charge in [0, 0.05) is 61.5 Å². The Kier molecular flexibility index (Phi) is 6.17. The maximum Gasteiger partial charge on any atom is 0.251 e. The Balaban J connectivity index is 1.57. The summed E-state index contributed by atoms with van der Waals surface area (Å²) in [5, 5.41) is 6.88. The average molecular weight is 475 g/mol. The van der Waals surface area contributed by atoms with Gasteiger partial charge in [-0.25, -0.2) is 0 Å². The van der Waals surface area contributed by atoms with E-state index in [1.807, 2.05) is 36.1 Å². The van der Waals surface area contributed by atoms with Crippen LogP contribution < -0.4 is 15.4 Å². The summed E-state index contributed by atoms with van der Waals surface area (Å²) in [5.74, 6) is 1.00. The smallest absolute Gasteiger partial charge is 0.251 e. The quantitative estimate of drug-likeness (QED) is 0.368. The minimum Gasteiger partial charge on any atom is -0.471 e. The molecule has 1 saturated heterocycles. The summed E-state index contributed by atoms with van der Waals surface area (Å²) < 4.78 is 13.9. The summed E-state index contributed by atoms with van der Waals surface area (Å²) in [6, 6.07) is 7.64. The Morgan fingerprint density at radius 3 is 2.83 bits per heavy atom. The molecule has 3 aromatic heterocycles. The third-order valence-corrected chi connectivity index (χ3v) is 6.22. The van der Waals surface area contributed by atoms with Gasteiger partial charge in [0.2, 0.25) is 11.8 Å². The monoisotopic (exact) mass is 474 g/mol. The largest absolute Gasteiger partial charge is 0.471 e. The predicted molar refractivity (Wildman–Crippen MR) is 135 cm³/mol. The highest BCUT2D eigenvalue weighted by molar-refractivity contribution is 5.98. The number of anilines is 2. The van der Waals surface area contributed by atoms with Crippen LogP contribution in [0, 0.1) is 0 Å². The Bertz CT molecular complexity index is 1370. The van der Waals surface area contributed by atoms with E-state index >= 15 is 0 Å². The number of H-pyrrole nitrogens is 1. The average Bonchev–Trinajstić information content (AvgIpc) is 3.60. The number of aryl methyl sites for hydroxylation is 1. The van der Waals surface area contributed by atoms with Gasteiger partial charge >= 0.3 is 0 Å². The van der Waals surface area contributed by atoms with Gasteiger partial charge < -0.3 is 29.7 Å². The summed E-state index contributed by atoms with van der Waals surface area (Å²) in [7, 11) is 3.62. The number of nitrogens with zero attached hydrogens (tertiary/aromatic N) is 3. The lowest BCUT2D eigenvalue weighted by Crippen LogP contribution is -2.18. The number of nitrogens with one attached hydrogen (secondary N) is 3. The maximum atomic E-state index is 12.1. The summed E-state index contributed by atoms with van der Waals surface area (Å²) in [4.78, 5) is 25.0. The second kappa shape index (κ2) is 9.42. The number of hydrogen-bond acceptors (Lipinski definition) is 6. The second-order valence-corrected chi connectivity index (χ2v) is 9.11. The Labute approximate surface area is 203 Å². The number of ether oxygens (including phenoxy) is 2. The SMILES string of the molecule is CNC(=O)c1ccc(Nc2nc(O[C@H]3CCOC3)c3c(-c4ccn(C)c4)c[nH]c3n2)c(C(C)C)c1. The Morgan fingerprint density at radius 2 is 2.14 bits per heavy atom. The molecule has 4 aromatic rings. The number of aromatic amines is 1. The Morgan fingerprint density at radius 1 is 1.29 bits per heavy atom. The van der Waals surface area contributed by atoms with Crippen molar-refractivity contribution in [2.45, 2.75) is 32.3 Å². The van der Waals surface area contributed by atoms with Crippen molar-refractivity contribution < 1.29 is 14.3 Å². The van der Waals surface area contributed by atoms with E-state index in [2.05, 4.69) is 41.7 Å². The fourth-order valence-electron chi connectivity index (χ4n) is 4.36. The first-order chi connectivity index (χ1) is 16.9. The normalized spacial score (nSPS) is 15.6. The van der Waals surface area contributed by atoms with Gasteiger partial charge in [-0.1, -0.05) is 13.8 Å². The first kappa shape index (κ1) is 22.9. The molecule has 1 atom stereocenters. The molecule has 0 saturated carbocycles. The van der Waals surface area contributed by atoms with Gasteiger partial charge in [-0.3, -0.25) is 4.79 Å². The molecule has 1 aliphatic heterocycles. The molecule has 5 rings (SSSR count). The number of carbonyl (C=O) groups is 1. The van der Waals surface area contributed by atoms with Crippen LogP contribution in [0.2, 0.25) is 0 Å².